The fourth-order valence-electron chi connectivity index (χ4n) is 7.72. The SMILES string of the molecule is CC(C)(C)OC(=O)N1CC[C@H](c2cccc(-c3ccc(OC4CCCCO4)cc3)c2)[C@@H](C(=O)N(c2ccc3c(c2)N(CCCCO)C(=O)CO3)C2CC2)C1. The molecule has 0 spiro atoms. The van der Waals surface area contributed by atoms with Gasteiger partial charge in [0, 0.05) is 44.4 Å². The van der Waals surface area contributed by atoms with Crippen LogP contribution in [0.15, 0.2) is 66.7 Å². The molecule has 7 rings (SSSR count). The van der Waals surface area contributed by atoms with Gasteiger partial charge in [-0.2, -0.15) is 0 Å². The molecule has 3 aromatic rings. The quantitative estimate of drug-likeness (QED) is 0.204. The van der Waals surface area contributed by atoms with Crippen LogP contribution in [0.5, 0.6) is 11.5 Å². The van der Waals surface area contributed by atoms with E-state index in [1.165, 1.54) is 0 Å². The number of aliphatic hydroxyl groups is 1. The third-order valence-electron chi connectivity index (χ3n) is 10.6. The molecule has 3 amide bonds. The molecule has 0 aromatic heterocycles. The number of anilines is 2. The Kier molecular flexibility index (Phi) is 11.5. The number of aliphatic hydroxyl groups excluding tert-OH is 1. The first-order valence-electron chi connectivity index (χ1n) is 19.6. The van der Waals surface area contributed by atoms with Crippen LogP contribution in [0.3, 0.4) is 0 Å². The summed E-state index contributed by atoms with van der Waals surface area (Å²) >= 11 is 0. The molecule has 11 heteroatoms. The third-order valence-corrected chi connectivity index (χ3v) is 10.6. The lowest BCUT2D eigenvalue weighted by Crippen LogP contribution is -2.51. The number of piperidine rings is 1. The van der Waals surface area contributed by atoms with Crippen LogP contribution in [0.25, 0.3) is 11.1 Å². The van der Waals surface area contributed by atoms with Crippen molar-refractivity contribution < 1.29 is 38.4 Å². The average molecular weight is 740 g/mol. The lowest BCUT2D eigenvalue weighted by atomic mass is 9.78. The molecule has 2 saturated heterocycles. The van der Waals surface area contributed by atoms with E-state index in [0.717, 1.165) is 61.2 Å². The molecule has 0 radical (unpaired) electrons. The van der Waals surface area contributed by atoms with Crippen molar-refractivity contribution in [3.63, 3.8) is 0 Å². The molecule has 1 N–H and O–H groups in total. The molecule has 11 nitrogen and oxygen atoms in total. The van der Waals surface area contributed by atoms with Gasteiger partial charge >= 0.3 is 6.09 Å². The molecule has 4 aliphatic rings. The molecule has 1 saturated carbocycles. The second-order valence-corrected chi connectivity index (χ2v) is 15.8. The first-order chi connectivity index (χ1) is 26.1. The van der Waals surface area contributed by atoms with Gasteiger partial charge in [0.15, 0.2) is 12.9 Å². The lowest BCUT2D eigenvalue weighted by Gasteiger charge is -2.41. The van der Waals surface area contributed by atoms with E-state index in [9.17, 15) is 14.7 Å². The van der Waals surface area contributed by atoms with Crippen LogP contribution in [0.2, 0.25) is 0 Å². The van der Waals surface area contributed by atoms with Crippen molar-refractivity contribution >= 4 is 29.3 Å². The molecule has 0 bridgehead atoms. The molecule has 1 unspecified atom stereocenters. The molecular weight excluding hydrogens is 686 g/mol. The number of carbonyl (C=O) groups excluding carboxylic acids is 3. The van der Waals surface area contributed by atoms with Crippen molar-refractivity contribution in [2.45, 2.75) is 96.0 Å². The van der Waals surface area contributed by atoms with Crippen molar-refractivity contribution in [2.24, 2.45) is 5.92 Å². The molecule has 3 atom stereocenters. The molecule has 3 heterocycles. The van der Waals surface area contributed by atoms with E-state index in [4.69, 9.17) is 18.9 Å². The van der Waals surface area contributed by atoms with Gasteiger partial charge in [-0.15, -0.1) is 0 Å². The van der Waals surface area contributed by atoms with Gasteiger partial charge in [0.1, 0.15) is 17.1 Å². The van der Waals surface area contributed by atoms with Crippen molar-refractivity contribution in [2.75, 3.05) is 49.3 Å². The predicted octanol–water partition coefficient (Wildman–Crippen LogP) is 7.29. The molecule has 3 aliphatic heterocycles. The number of amides is 3. The Morgan fingerprint density at radius 1 is 0.944 bits per heavy atom. The Hall–Kier alpha value is -4.61. The Morgan fingerprint density at radius 2 is 1.76 bits per heavy atom. The number of unbranched alkanes of at least 4 members (excludes halogenated alkanes) is 1. The van der Waals surface area contributed by atoms with E-state index in [0.29, 0.717) is 49.5 Å². The van der Waals surface area contributed by atoms with Crippen LogP contribution in [-0.2, 0) is 19.1 Å². The summed E-state index contributed by atoms with van der Waals surface area (Å²) in [6.45, 7) is 7.41. The van der Waals surface area contributed by atoms with E-state index < -0.39 is 17.6 Å². The maximum Gasteiger partial charge on any atom is 0.410 e. The normalized spacial score (nSPS) is 21.6. The number of carbonyl (C=O) groups is 3. The Balaban J connectivity index is 1.18. The zero-order valence-electron chi connectivity index (χ0n) is 31.7. The average Bonchev–Trinajstić information content (AvgIpc) is 4.01. The minimum atomic E-state index is -0.669. The van der Waals surface area contributed by atoms with Gasteiger partial charge < -0.3 is 38.8 Å². The molecule has 3 fully saturated rings. The fraction of sp³-hybridized carbons (Fsp3) is 0.512. The highest BCUT2D eigenvalue weighted by Crippen LogP contribution is 2.43. The summed E-state index contributed by atoms with van der Waals surface area (Å²) < 4.78 is 23.4. The number of hydrogen-bond donors (Lipinski definition) is 1. The molecule has 54 heavy (non-hydrogen) atoms. The smallest absolute Gasteiger partial charge is 0.410 e. The van der Waals surface area contributed by atoms with Crippen LogP contribution < -0.4 is 19.3 Å². The van der Waals surface area contributed by atoms with Gasteiger partial charge in [0.25, 0.3) is 5.91 Å². The number of benzene rings is 3. The summed E-state index contributed by atoms with van der Waals surface area (Å²) in [6, 6.07) is 22.1. The maximum atomic E-state index is 15.1. The van der Waals surface area contributed by atoms with Crippen LogP contribution in [0.4, 0.5) is 16.2 Å². The highest BCUT2D eigenvalue weighted by atomic mass is 16.7. The monoisotopic (exact) mass is 739 g/mol. The van der Waals surface area contributed by atoms with Crippen molar-refractivity contribution in [1.82, 2.24) is 4.90 Å². The van der Waals surface area contributed by atoms with E-state index in [2.05, 4.69) is 30.3 Å². The Morgan fingerprint density at radius 3 is 2.48 bits per heavy atom. The van der Waals surface area contributed by atoms with E-state index in [1.807, 2.05) is 62.1 Å². The first-order valence-corrected chi connectivity index (χ1v) is 19.6. The topological polar surface area (TPSA) is 118 Å². The van der Waals surface area contributed by atoms with E-state index >= 15 is 4.79 Å². The number of nitrogens with zero attached hydrogens (tertiary/aromatic N) is 3. The molecule has 3 aromatic carbocycles. The number of likely N-dealkylation sites (tertiary alicyclic amines) is 1. The summed E-state index contributed by atoms with van der Waals surface area (Å²) in [6.07, 6.45) is 5.98. The van der Waals surface area contributed by atoms with Gasteiger partial charge in [0.05, 0.1) is 18.2 Å². The van der Waals surface area contributed by atoms with Gasteiger partial charge in [-0.05, 0) is 119 Å². The lowest BCUT2D eigenvalue weighted by molar-refractivity contribution is -0.124. The van der Waals surface area contributed by atoms with E-state index in [1.54, 1.807) is 9.80 Å². The highest BCUT2D eigenvalue weighted by molar-refractivity contribution is 6.01. The molecule has 1 aliphatic carbocycles. The summed E-state index contributed by atoms with van der Waals surface area (Å²) in [4.78, 5) is 46.8. The second kappa shape index (κ2) is 16.4. The Bertz CT molecular complexity index is 1800. The van der Waals surface area contributed by atoms with Crippen molar-refractivity contribution in [3.05, 3.63) is 72.3 Å². The third kappa shape index (κ3) is 8.84. The summed E-state index contributed by atoms with van der Waals surface area (Å²) in [5, 5.41) is 9.36. The highest BCUT2D eigenvalue weighted by Gasteiger charge is 2.44. The number of hydrogen-bond acceptors (Lipinski definition) is 8. The maximum absolute atomic E-state index is 15.1. The number of rotatable bonds is 11. The van der Waals surface area contributed by atoms with Gasteiger partial charge in [-0.1, -0.05) is 36.4 Å². The van der Waals surface area contributed by atoms with Gasteiger partial charge in [-0.3, -0.25) is 9.59 Å². The minimum Gasteiger partial charge on any atom is -0.482 e. The summed E-state index contributed by atoms with van der Waals surface area (Å²) in [5.74, 6) is 0.471. The second-order valence-electron chi connectivity index (χ2n) is 15.8. The summed E-state index contributed by atoms with van der Waals surface area (Å²) in [7, 11) is 0. The van der Waals surface area contributed by atoms with Gasteiger partial charge in [0.2, 0.25) is 5.91 Å². The predicted molar refractivity (Wildman–Crippen MR) is 206 cm³/mol. The standard InChI is InChI=1S/C43H53N3O8/c1-43(2,3)54-42(50)44-22-20-35(31-10-8-9-30(25-31)29-12-17-34(18-13-29)53-40-11-4-7-24-51-40)36(27-44)41(49)46(32-14-15-32)33-16-19-38-37(26-33)45(21-5-6-23-47)39(48)28-52-38/h8-10,12-13,16-19,25-26,32,35-36,40,47H,4-7,11,14-15,20-24,27-28H2,1-3H3/t35-,36+,40?/m1/s1. The van der Waals surface area contributed by atoms with Crippen LogP contribution in [0.1, 0.15) is 83.6 Å². The minimum absolute atomic E-state index is 0.0160. The number of ether oxygens (including phenoxy) is 4. The van der Waals surface area contributed by atoms with Gasteiger partial charge in [-0.25, -0.2) is 4.79 Å². The van der Waals surface area contributed by atoms with Crippen LogP contribution in [-0.4, -0.2) is 85.3 Å². The zero-order chi connectivity index (χ0) is 37.8. The Labute approximate surface area is 318 Å². The van der Waals surface area contributed by atoms with Crippen LogP contribution in [0, 0.1) is 5.92 Å². The van der Waals surface area contributed by atoms with Crippen molar-refractivity contribution in [1.29, 1.82) is 0 Å². The summed E-state index contributed by atoms with van der Waals surface area (Å²) in [5.41, 5.74) is 3.78. The zero-order valence-corrected chi connectivity index (χ0v) is 31.7. The van der Waals surface area contributed by atoms with Crippen LogP contribution >= 0.6 is 0 Å². The largest absolute Gasteiger partial charge is 0.482 e. The fourth-order valence-corrected chi connectivity index (χ4v) is 7.72. The molecular formula is C43H53N3O8. The van der Waals surface area contributed by atoms with E-state index in [-0.39, 0.29) is 49.8 Å². The van der Waals surface area contributed by atoms with Crippen molar-refractivity contribution in [3.8, 4) is 22.6 Å². The molecule has 288 valence electrons. The first kappa shape index (κ1) is 37.7. The number of fused-ring (bicyclic) bond motifs is 1.